The van der Waals surface area contributed by atoms with Gasteiger partial charge in [0.15, 0.2) is 0 Å². The normalized spacial score (nSPS) is 11.5. The highest BCUT2D eigenvalue weighted by molar-refractivity contribution is 6.19. The Kier molecular flexibility index (Phi) is 6.14. The second kappa shape index (κ2) is 10.8. The number of aromatic nitrogens is 1. The highest BCUT2D eigenvalue weighted by Crippen LogP contribution is 2.39. The summed E-state index contributed by atoms with van der Waals surface area (Å²) in [5.74, 6) is 0. The lowest BCUT2D eigenvalue weighted by molar-refractivity contribution is 0.668. The molecule has 0 aliphatic carbocycles. The molecule has 0 N–H and O–H groups in total. The van der Waals surface area contributed by atoms with Crippen LogP contribution in [0.25, 0.3) is 65.7 Å². The first-order chi connectivity index (χ1) is 22.8. The smallest absolute Gasteiger partial charge is 0.138 e. The van der Waals surface area contributed by atoms with E-state index in [0.29, 0.717) is 0 Å². The number of rotatable bonds is 5. The van der Waals surface area contributed by atoms with Crippen LogP contribution in [0.5, 0.6) is 0 Å². The van der Waals surface area contributed by atoms with Gasteiger partial charge in [0.25, 0.3) is 0 Å². The van der Waals surface area contributed by atoms with E-state index >= 15 is 0 Å². The third-order valence-corrected chi connectivity index (χ3v) is 8.95. The van der Waals surface area contributed by atoms with Crippen molar-refractivity contribution < 1.29 is 4.42 Å². The third-order valence-electron chi connectivity index (χ3n) is 8.95. The van der Waals surface area contributed by atoms with Gasteiger partial charge in [-0.25, -0.2) is 0 Å². The zero-order valence-electron chi connectivity index (χ0n) is 25.0. The maximum absolute atomic E-state index is 6.14. The lowest BCUT2D eigenvalue weighted by Gasteiger charge is -2.26. The summed E-state index contributed by atoms with van der Waals surface area (Å²) in [4.78, 5) is 6.68. The number of benzene rings is 7. The number of hydrogen-bond donors (Lipinski definition) is 0. The van der Waals surface area contributed by atoms with Crippen molar-refractivity contribution in [1.29, 1.82) is 0 Å². The van der Waals surface area contributed by atoms with E-state index in [0.717, 1.165) is 50.1 Å². The molecule has 0 unspecified atom stereocenters. The molecule has 0 bridgehead atoms. The van der Waals surface area contributed by atoms with Gasteiger partial charge >= 0.3 is 0 Å². The van der Waals surface area contributed by atoms with Crippen molar-refractivity contribution in [1.82, 2.24) is 4.98 Å². The van der Waals surface area contributed by atoms with Gasteiger partial charge in [0.1, 0.15) is 11.2 Å². The van der Waals surface area contributed by atoms with Crippen molar-refractivity contribution in [2.24, 2.45) is 0 Å². The van der Waals surface area contributed by atoms with E-state index in [9.17, 15) is 0 Å². The molecule has 0 atom stereocenters. The Morgan fingerprint density at radius 3 is 1.91 bits per heavy atom. The first kappa shape index (κ1) is 26.2. The third kappa shape index (κ3) is 4.41. The topological polar surface area (TPSA) is 29.3 Å². The van der Waals surface area contributed by atoms with Crippen LogP contribution in [-0.2, 0) is 0 Å². The molecule has 0 fully saturated rings. The number of anilines is 3. The Morgan fingerprint density at radius 1 is 0.435 bits per heavy atom. The van der Waals surface area contributed by atoms with Gasteiger partial charge in [-0.05, 0) is 98.4 Å². The van der Waals surface area contributed by atoms with Crippen molar-refractivity contribution in [3.8, 4) is 22.3 Å². The summed E-state index contributed by atoms with van der Waals surface area (Å²) in [5.41, 5.74) is 9.83. The number of pyridine rings is 1. The summed E-state index contributed by atoms with van der Waals surface area (Å²) in [7, 11) is 0. The monoisotopic (exact) mass is 588 g/mol. The second-order valence-electron chi connectivity index (χ2n) is 11.6. The van der Waals surface area contributed by atoms with Crippen LogP contribution >= 0.6 is 0 Å². The highest BCUT2D eigenvalue weighted by Gasteiger charge is 2.15. The summed E-state index contributed by atoms with van der Waals surface area (Å²) in [5, 5.41) is 7.02. The minimum Gasteiger partial charge on any atom is -0.456 e. The molecule has 0 saturated carbocycles. The Balaban J connectivity index is 1.10. The van der Waals surface area contributed by atoms with Gasteiger partial charge < -0.3 is 9.32 Å². The zero-order chi connectivity index (χ0) is 30.5. The van der Waals surface area contributed by atoms with Crippen LogP contribution in [0.3, 0.4) is 0 Å². The van der Waals surface area contributed by atoms with Gasteiger partial charge in [-0.1, -0.05) is 103 Å². The summed E-state index contributed by atoms with van der Waals surface area (Å²) in [6.45, 7) is 0. The Hall–Kier alpha value is -6.19. The second-order valence-corrected chi connectivity index (χ2v) is 11.6. The fourth-order valence-corrected chi connectivity index (χ4v) is 6.71. The predicted molar refractivity (Wildman–Crippen MR) is 192 cm³/mol. The number of hydrogen-bond acceptors (Lipinski definition) is 3. The molecule has 0 radical (unpaired) electrons. The van der Waals surface area contributed by atoms with Gasteiger partial charge in [-0.2, -0.15) is 0 Å². The molecule has 9 rings (SSSR count). The van der Waals surface area contributed by atoms with Crippen molar-refractivity contribution in [3.05, 3.63) is 170 Å². The van der Waals surface area contributed by atoms with Crippen LogP contribution in [0.4, 0.5) is 17.1 Å². The maximum Gasteiger partial charge on any atom is 0.138 e. The number of para-hydroxylation sites is 1. The van der Waals surface area contributed by atoms with Gasteiger partial charge in [-0.3, -0.25) is 4.98 Å². The maximum atomic E-state index is 6.14. The van der Waals surface area contributed by atoms with Crippen LogP contribution in [0.1, 0.15) is 0 Å². The predicted octanol–water partition coefficient (Wildman–Crippen LogP) is 12.1. The molecule has 2 aromatic heterocycles. The highest BCUT2D eigenvalue weighted by atomic mass is 16.3. The minimum atomic E-state index is 0.860. The van der Waals surface area contributed by atoms with Crippen molar-refractivity contribution >= 4 is 60.5 Å². The van der Waals surface area contributed by atoms with E-state index in [2.05, 4.69) is 162 Å². The molecule has 3 nitrogen and oxygen atoms in total. The molecule has 9 aromatic rings. The van der Waals surface area contributed by atoms with E-state index in [-0.39, 0.29) is 0 Å². The average Bonchev–Trinajstić information content (AvgIpc) is 3.52. The Bertz CT molecular complexity index is 2510. The number of furan rings is 1. The van der Waals surface area contributed by atoms with Gasteiger partial charge in [0, 0.05) is 40.2 Å². The molecule has 0 spiro atoms. The molecule has 46 heavy (non-hydrogen) atoms. The van der Waals surface area contributed by atoms with Crippen molar-refractivity contribution in [3.63, 3.8) is 0 Å². The fraction of sp³-hybridized carbons (Fsp3) is 0. The zero-order valence-corrected chi connectivity index (χ0v) is 25.0. The Labute approximate surface area is 266 Å². The fourth-order valence-electron chi connectivity index (χ4n) is 6.71. The molecule has 0 aliphatic heterocycles. The van der Waals surface area contributed by atoms with Crippen LogP contribution in [0.15, 0.2) is 175 Å². The summed E-state index contributed by atoms with van der Waals surface area (Å²) in [6.07, 6.45) is 3.67. The molecule has 0 amide bonds. The summed E-state index contributed by atoms with van der Waals surface area (Å²) in [6, 6.07) is 56.2. The van der Waals surface area contributed by atoms with E-state index < -0.39 is 0 Å². The molecule has 3 heteroatoms. The van der Waals surface area contributed by atoms with E-state index in [1.807, 2.05) is 12.3 Å². The first-order valence-corrected chi connectivity index (χ1v) is 15.5. The molecule has 0 saturated heterocycles. The largest absolute Gasteiger partial charge is 0.456 e. The quantitative estimate of drug-likeness (QED) is 0.200. The first-order valence-electron chi connectivity index (χ1n) is 15.5. The molecule has 7 aromatic carbocycles. The van der Waals surface area contributed by atoms with Gasteiger partial charge in [-0.15, -0.1) is 0 Å². The van der Waals surface area contributed by atoms with Crippen LogP contribution in [0.2, 0.25) is 0 Å². The minimum absolute atomic E-state index is 0.860. The van der Waals surface area contributed by atoms with Gasteiger partial charge in [0.05, 0.1) is 0 Å². The van der Waals surface area contributed by atoms with Crippen molar-refractivity contribution in [2.45, 2.75) is 0 Å². The van der Waals surface area contributed by atoms with Gasteiger partial charge in [0.2, 0.25) is 0 Å². The molecule has 2 heterocycles. The van der Waals surface area contributed by atoms with E-state index in [4.69, 9.17) is 4.42 Å². The summed E-state index contributed by atoms with van der Waals surface area (Å²) >= 11 is 0. The van der Waals surface area contributed by atoms with Crippen LogP contribution < -0.4 is 4.90 Å². The average molecular weight is 589 g/mol. The van der Waals surface area contributed by atoms with Crippen LogP contribution in [0, 0.1) is 0 Å². The molecular formula is C43H28N2O. The molecule has 0 aliphatic rings. The Morgan fingerprint density at radius 2 is 1.09 bits per heavy atom. The molecule has 216 valence electrons. The number of nitrogens with zero attached hydrogens (tertiary/aromatic N) is 2. The number of fused-ring (bicyclic) bond motifs is 6. The summed E-state index contributed by atoms with van der Waals surface area (Å²) < 4.78 is 6.14. The molecular weight excluding hydrogens is 560 g/mol. The van der Waals surface area contributed by atoms with E-state index in [1.165, 1.54) is 32.7 Å². The SMILES string of the molecule is c1ccc(N(c2ccc(-c3ccc4ccc5oc6ccncc6c5c4c3)cc2)c2ccc(-c3cccc4ccccc34)cc2)cc1. The lowest BCUT2D eigenvalue weighted by atomic mass is 9.97. The lowest BCUT2D eigenvalue weighted by Crippen LogP contribution is -2.09. The standard InChI is InChI=1S/C43H28N2O/c1-2-9-34(10-3-1)45(36-22-17-31(18-23-36)38-12-6-8-30-7-4-5-11-37(30)38)35-20-15-29(16-21-35)33-14-13-32-19-24-42-43(39(32)27-33)40-28-44-26-25-41(40)46-42/h1-28H. The van der Waals surface area contributed by atoms with Crippen LogP contribution in [-0.4, -0.2) is 4.98 Å². The van der Waals surface area contributed by atoms with E-state index in [1.54, 1.807) is 6.20 Å². The van der Waals surface area contributed by atoms with Crippen molar-refractivity contribution in [2.75, 3.05) is 4.90 Å².